The first-order chi connectivity index (χ1) is 10.2. The van der Waals surface area contributed by atoms with Crippen molar-refractivity contribution in [3.63, 3.8) is 0 Å². The predicted octanol–water partition coefficient (Wildman–Crippen LogP) is 5.10. The third kappa shape index (κ3) is 3.93. The molecule has 1 heterocycles. The van der Waals surface area contributed by atoms with E-state index in [0.717, 1.165) is 25.3 Å². The molecule has 2 rings (SSSR count). The van der Waals surface area contributed by atoms with Crippen molar-refractivity contribution in [3.05, 3.63) is 29.3 Å². The van der Waals surface area contributed by atoms with Crippen LogP contribution in [0, 0.1) is 0 Å². The molecule has 22 heavy (non-hydrogen) atoms. The number of rotatable bonds is 4. The van der Waals surface area contributed by atoms with Crippen LogP contribution in [0.5, 0.6) is 5.75 Å². The van der Waals surface area contributed by atoms with Crippen molar-refractivity contribution in [2.24, 2.45) is 0 Å². The predicted molar refractivity (Wildman–Crippen MR) is 98.5 cm³/mol. The minimum Gasteiger partial charge on any atom is -0.543 e. The summed E-state index contributed by atoms with van der Waals surface area (Å²) in [6.07, 6.45) is 3.51. The molecule has 2 nitrogen and oxygen atoms in total. The molecular formula is C19H33NOSi. The molecule has 1 aliphatic heterocycles. The van der Waals surface area contributed by atoms with E-state index in [0.29, 0.717) is 5.92 Å². The molecule has 0 spiro atoms. The SMILES string of the molecule is CCc1ccc(C2CCNCC2)c(O[Si](C)(C)C(C)(C)C)c1. The fourth-order valence-corrected chi connectivity index (χ4v) is 3.82. The van der Waals surface area contributed by atoms with Gasteiger partial charge in [-0.05, 0) is 73.6 Å². The van der Waals surface area contributed by atoms with Gasteiger partial charge in [-0.1, -0.05) is 39.8 Å². The van der Waals surface area contributed by atoms with Gasteiger partial charge in [-0.25, -0.2) is 0 Å². The highest BCUT2D eigenvalue weighted by Gasteiger charge is 2.39. The molecule has 1 N–H and O–H groups in total. The van der Waals surface area contributed by atoms with Crippen LogP contribution >= 0.6 is 0 Å². The van der Waals surface area contributed by atoms with Gasteiger partial charge in [0.15, 0.2) is 0 Å². The summed E-state index contributed by atoms with van der Waals surface area (Å²) in [5.74, 6) is 1.81. The van der Waals surface area contributed by atoms with E-state index in [1.54, 1.807) is 0 Å². The Balaban J connectivity index is 2.34. The quantitative estimate of drug-likeness (QED) is 0.780. The Bertz CT molecular complexity index is 499. The Morgan fingerprint density at radius 2 is 1.82 bits per heavy atom. The first-order valence-corrected chi connectivity index (χ1v) is 11.7. The zero-order valence-electron chi connectivity index (χ0n) is 15.3. The van der Waals surface area contributed by atoms with Crippen LogP contribution in [0.3, 0.4) is 0 Å². The third-order valence-corrected chi connectivity index (χ3v) is 9.78. The number of nitrogens with one attached hydrogen (secondary N) is 1. The molecule has 3 heteroatoms. The highest BCUT2D eigenvalue weighted by molar-refractivity contribution is 6.74. The summed E-state index contributed by atoms with van der Waals surface area (Å²) in [7, 11) is -1.79. The second kappa shape index (κ2) is 6.75. The van der Waals surface area contributed by atoms with Crippen LogP contribution in [0.4, 0.5) is 0 Å². The maximum absolute atomic E-state index is 6.71. The summed E-state index contributed by atoms with van der Waals surface area (Å²) in [6.45, 7) is 16.1. The fraction of sp³-hybridized carbons (Fsp3) is 0.684. The molecule has 0 saturated carbocycles. The number of aryl methyl sites for hydroxylation is 1. The molecule has 1 saturated heterocycles. The van der Waals surface area contributed by atoms with Gasteiger partial charge in [0.2, 0.25) is 8.32 Å². The van der Waals surface area contributed by atoms with Crippen molar-refractivity contribution in [1.29, 1.82) is 0 Å². The van der Waals surface area contributed by atoms with Crippen LogP contribution in [0.2, 0.25) is 18.1 Å². The topological polar surface area (TPSA) is 21.3 Å². The van der Waals surface area contributed by atoms with Crippen molar-refractivity contribution in [2.75, 3.05) is 13.1 Å². The molecule has 0 bridgehead atoms. The van der Waals surface area contributed by atoms with Crippen LogP contribution in [0.1, 0.15) is 57.6 Å². The van der Waals surface area contributed by atoms with E-state index >= 15 is 0 Å². The summed E-state index contributed by atoms with van der Waals surface area (Å²) in [4.78, 5) is 0. The van der Waals surface area contributed by atoms with Crippen molar-refractivity contribution in [3.8, 4) is 5.75 Å². The Hall–Kier alpha value is -0.803. The lowest BCUT2D eigenvalue weighted by atomic mass is 9.89. The second-order valence-electron chi connectivity index (χ2n) is 8.11. The Morgan fingerprint density at radius 3 is 2.36 bits per heavy atom. The molecule has 0 amide bonds. The first kappa shape index (κ1) is 17.5. The van der Waals surface area contributed by atoms with Crippen LogP contribution in [0.15, 0.2) is 18.2 Å². The summed E-state index contributed by atoms with van der Waals surface area (Å²) >= 11 is 0. The zero-order valence-corrected chi connectivity index (χ0v) is 16.3. The number of hydrogen-bond donors (Lipinski definition) is 1. The molecule has 0 unspecified atom stereocenters. The van der Waals surface area contributed by atoms with E-state index in [1.807, 2.05) is 0 Å². The molecule has 1 fully saturated rings. The van der Waals surface area contributed by atoms with E-state index < -0.39 is 8.32 Å². The van der Waals surface area contributed by atoms with Gasteiger partial charge < -0.3 is 9.74 Å². The molecule has 1 aromatic rings. The molecule has 0 radical (unpaired) electrons. The minimum atomic E-state index is -1.79. The molecule has 1 aliphatic rings. The Labute approximate surface area is 137 Å². The molecule has 1 aromatic carbocycles. The monoisotopic (exact) mass is 319 g/mol. The van der Waals surface area contributed by atoms with Gasteiger partial charge in [0.05, 0.1) is 0 Å². The van der Waals surface area contributed by atoms with E-state index in [2.05, 4.69) is 64.3 Å². The normalized spacial score (nSPS) is 17.5. The Kier molecular flexibility index (Phi) is 5.39. The molecule has 124 valence electrons. The maximum atomic E-state index is 6.71. The average molecular weight is 320 g/mol. The second-order valence-corrected chi connectivity index (χ2v) is 12.8. The summed E-state index contributed by atoms with van der Waals surface area (Å²) in [6, 6.07) is 6.92. The lowest BCUT2D eigenvalue weighted by Crippen LogP contribution is -2.44. The summed E-state index contributed by atoms with van der Waals surface area (Å²) in [5.41, 5.74) is 2.81. The summed E-state index contributed by atoms with van der Waals surface area (Å²) < 4.78 is 6.71. The van der Waals surface area contributed by atoms with Gasteiger partial charge in [-0.2, -0.15) is 0 Å². The maximum Gasteiger partial charge on any atom is 0.250 e. The number of piperidine rings is 1. The third-order valence-electron chi connectivity index (χ3n) is 5.44. The smallest absolute Gasteiger partial charge is 0.250 e. The van der Waals surface area contributed by atoms with Crippen LogP contribution in [-0.2, 0) is 6.42 Å². The van der Waals surface area contributed by atoms with E-state index in [1.165, 1.54) is 24.0 Å². The van der Waals surface area contributed by atoms with Crippen molar-refractivity contribution in [1.82, 2.24) is 5.32 Å². The highest BCUT2D eigenvalue weighted by Crippen LogP contribution is 2.41. The zero-order chi connectivity index (χ0) is 16.4. The van der Waals surface area contributed by atoms with E-state index in [9.17, 15) is 0 Å². The van der Waals surface area contributed by atoms with Gasteiger partial charge in [0.1, 0.15) is 5.75 Å². The van der Waals surface area contributed by atoms with Crippen LogP contribution in [-0.4, -0.2) is 21.4 Å². The summed E-state index contributed by atoms with van der Waals surface area (Å²) in [5, 5.41) is 3.70. The van der Waals surface area contributed by atoms with E-state index in [-0.39, 0.29) is 5.04 Å². The van der Waals surface area contributed by atoms with Gasteiger partial charge in [-0.15, -0.1) is 0 Å². The molecule has 0 atom stereocenters. The van der Waals surface area contributed by atoms with Gasteiger partial charge in [-0.3, -0.25) is 0 Å². The minimum absolute atomic E-state index is 0.237. The highest BCUT2D eigenvalue weighted by atomic mass is 28.4. The van der Waals surface area contributed by atoms with Gasteiger partial charge in [0.25, 0.3) is 0 Å². The van der Waals surface area contributed by atoms with Crippen molar-refractivity contribution < 1.29 is 4.43 Å². The Morgan fingerprint density at radius 1 is 1.18 bits per heavy atom. The lowest BCUT2D eigenvalue weighted by Gasteiger charge is -2.38. The fourth-order valence-electron chi connectivity index (χ4n) is 2.79. The molecule has 0 aromatic heterocycles. The lowest BCUT2D eigenvalue weighted by molar-refractivity contribution is 0.437. The number of hydrogen-bond acceptors (Lipinski definition) is 2. The molecule has 0 aliphatic carbocycles. The van der Waals surface area contributed by atoms with E-state index in [4.69, 9.17) is 4.43 Å². The largest absolute Gasteiger partial charge is 0.543 e. The van der Waals surface area contributed by atoms with Crippen LogP contribution in [0.25, 0.3) is 0 Å². The van der Waals surface area contributed by atoms with Gasteiger partial charge >= 0.3 is 0 Å². The average Bonchev–Trinajstić information content (AvgIpc) is 2.46. The first-order valence-electron chi connectivity index (χ1n) is 8.77. The van der Waals surface area contributed by atoms with Crippen molar-refractivity contribution >= 4 is 8.32 Å². The van der Waals surface area contributed by atoms with Gasteiger partial charge in [0, 0.05) is 0 Å². The molecular weight excluding hydrogens is 286 g/mol. The van der Waals surface area contributed by atoms with Crippen molar-refractivity contribution in [2.45, 2.75) is 71.0 Å². The standard InChI is InChI=1S/C19H33NOSi/c1-7-15-8-9-17(16-10-12-20-13-11-16)18(14-15)21-22(5,6)19(2,3)4/h8-9,14,16,20H,7,10-13H2,1-6H3. The number of benzene rings is 1. The van der Waals surface area contributed by atoms with Crippen LogP contribution < -0.4 is 9.74 Å².